The summed E-state index contributed by atoms with van der Waals surface area (Å²) in [5.74, 6) is -0.798. The van der Waals surface area contributed by atoms with E-state index >= 15 is 0 Å². The van der Waals surface area contributed by atoms with Crippen molar-refractivity contribution in [1.29, 1.82) is 0 Å². The third-order valence-corrected chi connectivity index (χ3v) is 5.93. The Morgan fingerprint density at radius 1 is 1.27 bits per heavy atom. The number of carbonyl (C=O) groups is 1. The number of aromatic nitrogens is 2. The monoisotopic (exact) mass is 468 g/mol. The number of piperazine rings is 1. The van der Waals surface area contributed by atoms with Crippen LogP contribution in [0.2, 0.25) is 5.02 Å². The van der Waals surface area contributed by atoms with Crippen molar-refractivity contribution in [3.8, 4) is 5.88 Å². The molecule has 0 spiro atoms. The summed E-state index contributed by atoms with van der Waals surface area (Å²) in [6.07, 6.45) is 0.318. The summed E-state index contributed by atoms with van der Waals surface area (Å²) in [5, 5.41) is 9.79. The fourth-order valence-electron chi connectivity index (χ4n) is 3.34. The number of rotatable bonds is 3. The Morgan fingerprint density at radius 2 is 1.87 bits per heavy atom. The van der Waals surface area contributed by atoms with E-state index in [0.29, 0.717) is 18.8 Å². The van der Waals surface area contributed by atoms with Crippen molar-refractivity contribution < 1.29 is 35.7 Å². The largest absolute Gasteiger partial charge is 0.534 e. The molecule has 164 valence electrons. The Morgan fingerprint density at radius 3 is 2.40 bits per heavy atom. The number of amides is 1. The number of alkyl halides is 3. The highest BCUT2D eigenvalue weighted by Crippen LogP contribution is 2.35. The SMILES string of the molecule is C[C@@H]1CN(c2cnc3nc(OS(=O)(=O)C(F)(F)F)ccc3c2Cl)C[C@H](C)N1C(=O)O. The van der Waals surface area contributed by atoms with Crippen LogP contribution in [-0.4, -0.2) is 65.2 Å². The van der Waals surface area contributed by atoms with Gasteiger partial charge in [-0.3, -0.25) is 4.90 Å². The molecule has 0 radical (unpaired) electrons. The van der Waals surface area contributed by atoms with Crippen LogP contribution < -0.4 is 9.08 Å². The van der Waals surface area contributed by atoms with Crippen molar-refractivity contribution in [2.45, 2.75) is 31.4 Å². The fourth-order valence-corrected chi connectivity index (χ4v) is 4.07. The highest BCUT2D eigenvalue weighted by atomic mass is 35.5. The molecule has 0 saturated carbocycles. The zero-order valence-corrected chi connectivity index (χ0v) is 17.2. The molecule has 0 aliphatic carbocycles. The Balaban J connectivity index is 1.91. The number of carboxylic acid groups (broad SMARTS) is 1. The highest BCUT2D eigenvalue weighted by Gasteiger charge is 2.49. The zero-order valence-electron chi connectivity index (χ0n) is 15.6. The van der Waals surface area contributed by atoms with Gasteiger partial charge in [0.2, 0.25) is 5.88 Å². The van der Waals surface area contributed by atoms with Crippen molar-refractivity contribution in [2.24, 2.45) is 0 Å². The lowest BCUT2D eigenvalue weighted by Crippen LogP contribution is -2.58. The van der Waals surface area contributed by atoms with Crippen LogP contribution >= 0.6 is 11.6 Å². The normalized spacial score (nSPS) is 20.5. The topological polar surface area (TPSA) is 113 Å². The van der Waals surface area contributed by atoms with Crippen LogP contribution in [0.4, 0.5) is 23.7 Å². The van der Waals surface area contributed by atoms with E-state index in [0.717, 1.165) is 6.07 Å². The molecule has 2 aromatic heterocycles. The number of halogens is 4. The standard InChI is InChI=1S/C16H16ClF3N4O5S/c1-8-6-23(7-9(2)24(8)15(25)26)11-5-21-14-10(13(11)17)3-4-12(22-14)29-30(27,28)16(18,19)20/h3-5,8-9H,6-7H2,1-2H3,(H,25,26)/t8-,9+. The number of anilines is 1. The molecule has 0 bridgehead atoms. The van der Waals surface area contributed by atoms with Gasteiger partial charge in [-0.25, -0.2) is 9.78 Å². The molecule has 1 amide bonds. The zero-order chi connectivity index (χ0) is 22.4. The summed E-state index contributed by atoms with van der Waals surface area (Å²) in [7, 11) is -5.86. The van der Waals surface area contributed by atoms with Crippen LogP contribution in [0, 0.1) is 0 Å². The molecule has 1 N–H and O–H groups in total. The van der Waals surface area contributed by atoms with Crippen molar-refractivity contribution in [3.05, 3.63) is 23.4 Å². The van der Waals surface area contributed by atoms with Crippen LogP contribution in [0.3, 0.4) is 0 Å². The summed E-state index contributed by atoms with van der Waals surface area (Å²) in [6, 6.07) is 1.55. The maximum atomic E-state index is 12.5. The van der Waals surface area contributed by atoms with Gasteiger partial charge < -0.3 is 14.2 Å². The first kappa shape index (κ1) is 22.2. The van der Waals surface area contributed by atoms with Crippen LogP contribution in [0.25, 0.3) is 11.0 Å². The van der Waals surface area contributed by atoms with Crippen LogP contribution in [0.5, 0.6) is 5.88 Å². The minimum absolute atomic E-state index is 0.108. The number of hydrogen-bond acceptors (Lipinski definition) is 7. The number of hydrogen-bond donors (Lipinski definition) is 1. The van der Waals surface area contributed by atoms with E-state index in [4.69, 9.17) is 11.6 Å². The van der Waals surface area contributed by atoms with Crippen molar-refractivity contribution in [3.63, 3.8) is 0 Å². The second kappa shape index (κ2) is 7.61. The van der Waals surface area contributed by atoms with Crippen LogP contribution in [0.1, 0.15) is 13.8 Å². The smallest absolute Gasteiger partial charge is 0.465 e. The fraction of sp³-hybridized carbons (Fsp3) is 0.438. The predicted octanol–water partition coefficient (Wildman–Crippen LogP) is 3.09. The molecule has 2 atom stereocenters. The lowest BCUT2D eigenvalue weighted by Gasteiger charge is -2.44. The lowest BCUT2D eigenvalue weighted by atomic mass is 10.1. The van der Waals surface area contributed by atoms with Gasteiger partial charge in [-0.1, -0.05) is 11.6 Å². The Hall–Kier alpha value is -2.54. The van der Waals surface area contributed by atoms with Crippen molar-refractivity contribution in [2.75, 3.05) is 18.0 Å². The van der Waals surface area contributed by atoms with Gasteiger partial charge in [-0.05, 0) is 19.9 Å². The summed E-state index contributed by atoms with van der Waals surface area (Å²) in [6.45, 7) is 4.21. The molecule has 9 nitrogen and oxygen atoms in total. The number of pyridine rings is 2. The van der Waals surface area contributed by atoms with Gasteiger partial charge in [-0.15, -0.1) is 0 Å². The van der Waals surface area contributed by atoms with Gasteiger partial charge in [0.1, 0.15) is 0 Å². The molecule has 14 heteroatoms. The number of fused-ring (bicyclic) bond motifs is 1. The number of nitrogens with zero attached hydrogens (tertiary/aromatic N) is 4. The van der Waals surface area contributed by atoms with Gasteiger partial charge >= 0.3 is 21.7 Å². The van der Waals surface area contributed by atoms with Gasteiger partial charge in [0, 0.05) is 24.5 Å². The second-order valence-corrected chi connectivity index (χ2v) is 8.67. The quantitative estimate of drug-likeness (QED) is 0.540. The molecule has 3 rings (SSSR count). The van der Waals surface area contributed by atoms with Crippen LogP contribution in [0.15, 0.2) is 18.3 Å². The first-order chi connectivity index (χ1) is 13.8. The van der Waals surface area contributed by atoms with Crippen LogP contribution in [-0.2, 0) is 10.1 Å². The summed E-state index contributed by atoms with van der Waals surface area (Å²) < 4.78 is 63.7. The first-order valence-corrected chi connectivity index (χ1v) is 10.3. The molecular formula is C16H16ClF3N4O5S. The molecule has 1 fully saturated rings. The van der Waals surface area contributed by atoms with E-state index in [1.165, 1.54) is 17.2 Å². The molecule has 0 aromatic carbocycles. The van der Waals surface area contributed by atoms with Crippen molar-refractivity contribution >= 4 is 44.5 Å². The van der Waals surface area contributed by atoms with Gasteiger partial charge in [-0.2, -0.15) is 26.6 Å². The summed E-state index contributed by atoms with van der Waals surface area (Å²) in [4.78, 5) is 22.3. The molecule has 1 saturated heterocycles. The van der Waals surface area contributed by atoms with E-state index in [1.54, 1.807) is 13.8 Å². The third-order valence-electron chi connectivity index (χ3n) is 4.58. The van der Waals surface area contributed by atoms with E-state index in [2.05, 4.69) is 14.2 Å². The third kappa shape index (κ3) is 4.03. The maximum Gasteiger partial charge on any atom is 0.534 e. The van der Waals surface area contributed by atoms with E-state index in [-0.39, 0.29) is 28.1 Å². The first-order valence-electron chi connectivity index (χ1n) is 8.54. The molecule has 3 heterocycles. The molecule has 0 unspecified atom stereocenters. The predicted molar refractivity (Wildman–Crippen MR) is 101 cm³/mol. The van der Waals surface area contributed by atoms with Gasteiger partial charge in [0.25, 0.3) is 0 Å². The minimum Gasteiger partial charge on any atom is -0.465 e. The van der Waals surface area contributed by atoms with Crippen molar-refractivity contribution in [1.82, 2.24) is 14.9 Å². The maximum absolute atomic E-state index is 12.5. The molecule has 30 heavy (non-hydrogen) atoms. The Labute approximate surface area is 174 Å². The Bertz CT molecular complexity index is 1090. The molecule has 1 aliphatic heterocycles. The average molecular weight is 469 g/mol. The molecular weight excluding hydrogens is 453 g/mol. The minimum atomic E-state index is -5.86. The highest BCUT2D eigenvalue weighted by molar-refractivity contribution is 7.87. The second-order valence-electron chi connectivity index (χ2n) is 6.75. The Kier molecular flexibility index (Phi) is 5.62. The summed E-state index contributed by atoms with van der Waals surface area (Å²) in [5.41, 5.74) is -5.21. The molecule has 2 aromatic rings. The van der Waals surface area contributed by atoms with E-state index in [9.17, 15) is 31.5 Å². The summed E-state index contributed by atoms with van der Waals surface area (Å²) >= 11 is 6.44. The lowest BCUT2D eigenvalue weighted by molar-refractivity contribution is -0.0501. The van der Waals surface area contributed by atoms with Gasteiger partial charge in [0.05, 0.1) is 29.0 Å². The van der Waals surface area contributed by atoms with E-state index in [1.807, 2.05) is 4.90 Å². The molecule has 1 aliphatic rings. The average Bonchev–Trinajstić information content (AvgIpc) is 2.59. The van der Waals surface area contributed by atoms with Gasteiger partial charge in [0.15, 0.2) is 5.65 Å². The van der Waals surface area contributed by atoms with E-state index < -0.39 is 27.6 Å².